The summed E-state index contributed by atoms with van der Waals surface area (Å²) < 4.78 is 27.0. The quantitative estimate of drug-likeness (QED) is 0.588. The van der Waals surface area contributed by atoms with Crippen LogP contribution in [0.25, 0.3) is 0 Å². The summed E-state index contributed by atoms with van der Waals surface area (Å²) in [6.45, 7) is 3.73. The summed E-state index contributed by atoms with van der Waals surface area (Å²) in [5.74, 6) is -0.499. The van der Waals surface area contributed by atoms with Gasteiger partial charge in [-0.25, -0.2) is 8.42 Å². The Hall–Kier alpha value is -2.82. The van der Waals surface area contributed by atoms with Gasteiger partial charge in [0.1, 0.15) is 0 Å². The molecule has 1 aliphatic rings. The van der Waals surface area contributed by atoms with E-state index in [1.807, 2.05) is 7.05 Å². The molecule has 9 nitrogen and oxygen atoms in total. The van der Waals surface area contributed by atoms with Crippen LogP contribution in [0.15, 0.2) is 47.4 Å². The number of nitro groups is 1. The Kier molecular flexibility index (Phi) is 5.96. The first-order valence-electron chi connectivity index (χ1n) is 9.04. The van der Waals surface area contributed by atoms with E-state index in [0.29, 0.717) is 31.9 Å². The number of benzene rings is 2. The van der Waals surface area contributed by atoms with E-state index < -0.39 is 20.9 Å². The van der Waals surface area contributed by atoms with Gasteiger partial charge < -0.3 is 10.2 Å². The van der Waals surface area contributed by atoms with Crippen LogP contribution in [0.2, 0.25) is 0 Å². The van der Waals surface area contributed by atoms with Gasteiger partial charge in [0, 0.05) is 49.1 Å². The Morgan fingerprint density at radius 1 is 1.07 bits per heavy atom. The van der Waals surface area contributed by atoms with Crippen molar-refractivity contribution in [2.24, 2.45) is 0 Å². The second kappa shape index (κ2) is 8.27. The largest absolute Gasteiger partial charge is 0.322 e. The number of carbonyl (C=O) groups is 1. The van der Waals surface area contributed by atoms with Gasteiger partial charge in [0.25, 0.3) is 11.6 Å². The molecular weight excluding hydrogens is 396 g/mol. The number of nitrogens with zero attached hydrogens (tertiary/aromatic N) is 3. The predicted molar refractivity (Wildman–Crippen MR) is 108 cm³/mol. The number of rotatable bonds is 5. The number of piperazine rings is 1. The fourth-order valence-electron chi connectivity index (χ4n) is 3.15. The van der Waals surface area contributed by atoms with Gasteiger partial charge in [0.05, 0.1) is 9.82 Å². The lowest BCUT2D eigenvalue weighted by Crippen LogP contribution is -2.46. The highest BCUT2D eigenvalue weighted by atomic mass is 32.2. The Bertz CT molecular complexity index is 1030. The molecule has 0 radical (unpaired) electrons. The molecule has 1 N–H and O–H groups in total. The molecule has 1 aliphatic heterocycles. The Balaban J connectivity index is 1.75. The number of nitro benzene ring substituents is 1. The second-order valence-electron chi connectivity index (χ2n) is 6.89. The van der Waals surface area contributed by atoms with Crippen molar-refractivity contribution < 1.29 is 18.1 Å². The van der Waals surface area contributed by atoms with Crippen molar-refractivity contribution in [1.29, 1.82) is 0 Å². The second-order valence-corrected chi connectivity index (χ2v) is 8.83. The van der Waals surface area contributed by atoms with Gasteiger partial charge in [0.2, 0.25) is 10.0 Å². The molecule has 1 fully saturated rings. The van der Waals surface area contributed by atoms with E-state index >= 15 is 0 Å². The fraction of sp³-hybridized carbons (Fsp3) is 0.316. The molecule has 1 heterocycles. The minimum absolute atomic E-state index is 0.133. The number of nitrogens with one attached hydrogen (secondary N) is 1. The number of sulfonamides is 1. The van der Waals surface area contributed by atoms with Crippen LogP contribution in [0.4, 0.5) is 11.4 Å². The lowest BCUT2D eigenvalue weighted by molar-refractivity contribution is -0.385. The van der Waals surface area contributed by atoms with Crippen molar-refractivity contribution >= 4 is 27.3 Å². The lowest BCUT2D eigenvalue weighted by Gasteiger charge is -2.31. The molecular formula is C19H22N4O5S. The molecule has 0 aromatic heterocycles. The van der Waals surface area contributed by atoms with Crippen LogP contribution in [0.1, 0.15) is 15.9 Å². The van der Waals surface area contributed by atoms with Crippen LogP contribution in [-0.2, 0) is 10.0 Å². The van der Waals surface area contributed by atoms with Crippen LogP contribution < -0.4 is 5.32 Å². The maximum Gasteiger partial charge on any atom is 0.273 e. The van der Waals surface area contributed by atoms with Crippen molar-refractivity contribution in [3.05, 3.63) is 63.7 Å². The Morgan fingerprint density at radius 3 is 2.28 bits per heavy atom. The van der Waals surface area contributed by atoms with E-state index in [1.165, 1.54) is 53.7 Å². The third kappa shape index (κ3) is 4.44. The summed E-state index contributed by atoms with van der Waals surface area (Å²) in [6, 6.07) is 10.2. The third-order valence-electron chi connectivity index (χ3n) is 4.96. The average Bonchev–Trinajstić information content (AvgIpc) is 2.68. The van der Waals surface area contributed by atoms with E-state index in [9.17, 15) is 23.3 Å². The Morgan fingerprint density at radius 2 is 1.69 bits per heavy atom. The molecule has 10 heteroatoms. The number of carbonyl (C=O) groups excluding carboxylic acids is 1. The summed E-state index contributed by atoms with van der Waals surface area (Å²) in [5.41, 5.74) is 0.724. The fourth-order valence-corrected chi connectivity index (χ4v) is 4.58. The average molecular weight is 418 g/mol. The molecule has 0 atom stereocenters. The smallest absolute Gasteiger partial charge is 0.273 e. The summed E-state index contributed by atoms with van der Waals surface area (Å²) in [6.07, 6.45) is 0. The van der Waals surface area contributed by atoms with Gasteiger partial charge in [-0.05, 0) is 44.3 Å². The molecule has 2 aromatic carbocycles. The standard InChI is InChI=1S/C19H22N4O5S/c1-14-17(4-3-5-18(14)23(25)26)19(24)20-15-6-8-16(9-7-15)29(27,28)22-12-10-21(2)11-13-22/h3-9H,10-13H2,1-2H3,(H,20,24). The highest BCUT2D eigenvalue weighted by Crippen LogP contribution is 2.23. The zero-order valence-electron chi connectivity index (χ0n) is 16.2. The van der Waals surface area contributed by atoms with Crippen molar-refractivity contribution in [2.45, 2.75) is 11.8 Å². The van der Waals surface area contributed by atoms with E-state index in [2.05, 4.69) is 10.2 Å². The molecule has 154 valence electrons. The lowest BCUT2D eigenvalue weighted by atomic mass is 10.1. The van der Waals surface area contributed by atoms with Crippen LogP contribution in [0, 0.1) is 17.0 Å². The first kappa shape index (κ1) is 20.9. The van der Waals surface area contributed by atoms with Crippen LogP contribution in [0.5, 0.6) is 0 Å². The highest BCUT2D eigenvalue weighted by molar-refractivity contribution is 7.89. The predicted octanol–water partition coefficient (Wildman–Crippen LogP) is 2.09. The minimum atomic E-state index is -3.59. The third-order valence-corrected chi connectivity index (χ3v) is 6.87. The molecule has 0 bridgehead atoms. The van der Waals surface area contributed by atoms with Crippen LogP contribution >= 0.6 is 0 Å². The first-order valence-corrected chi connectivity index (χ1v) is 10.5. The van der Waals surface area contributed by atoms with Gasteiger partial charge >= 0.3 is 0 Å². The summed E-state index contributed by atoms with van der Waals surface area (Å²) >= 11 is 0. The molecule has 2 aromatic rings. The van der Waals surface area contributed by atoms with Crippen LogP contribution in [0.3, 0.4) is 0 Å². The van der Waals surface area contributed by atoms with Crippen molar-refractivity contribution in [2.75, 3.05) is 38.5 Å². The van der Waals surface area contributed by atoms with E-state index in [1.54, 1.807) is 0 Å². The summed E-state index contributed by atoms with van der Waals surface area (Å²) in [5, 5.41) is 13.7. The highest BCUT2D eigenvalue weighted by Gasteiger charge is 2.27. The zero-order chi connectivity index (χ0) is 21.2. The number of amides is 1. The van der Waals surface area contributed by atoms with Gasteiger partial charge in [-0.3, -0.25) is 14.9 Å². The normalized spacial score (nSPS) is 15.8. The van der Waals surface area contributed by atoms with Crippen molar-refractivity contribution in [3.8, 4) is 0 Å². The number of hydrogen-bond donors (Lipinski definition) is 1. The molecule has 0 aliphatic carbocycles. The summed E-state index contributed by atoms with van der Waals surface area (Å²) in [7, 11) is -1.64. The monoisotopic (exact) mass is 418 g/mol. The molecule has 0 saturated carbocycles. The van der Waals surface area contributed by atoms with E-state index in [4.69, 9.17) is 0 Å². The number of hydrogen-bond acceptors (Lipinski definition) is 6. The van der Waals surface area contributed by atoms with Crippen molar-refractivity contribution in [3.63, 3.8) is 0 Å². The van der Waals surface area contributed by atoms with E-state index in [-0.39, 0.29) is 21.7 Å². The molecule has 3 rings (SSSR count). The van der Waals surface area contributed by atoms with Gasteiger partial charge in [-0.15, -0.1) is 0 Å². The maximum absolute atomic E-state index is 12.8. The molecule has 0 unspecified atom stereocenters. The summed E-state index contributed by atoms with van der Waals surface area (Å²) in [4.78, 5) is 25.2. The van der Waals surface area contributed by atoms with Crippen molar-refractivity contribution in [1.82, 2.24) is 9.21 Å². The SMILES string of the molecule is Cc1c(C(=O)Nc2ccc(S(=O)(=O)N3CCN(C)CC3)cc2)cccc1[N+](=O)[O-]. The molecule has 1 amide bonds. The molecule has 29 heavy (non-hydrogen) atoms. The van der Waals surface area contributed by atoms with Gasteiger partial charge in [-0.1, -0.05) is 6.07 Å². The minimum Gasteiger partial charge on any atom is -0.322 e. The number of likely N-dealkylation sites (N-methyl/N-ethyl adjacent to an activating group) is 1. The van der Waals surface area contributed by atoms with Gasteiger partial charge in [-0.2, -0.15) is 4.31 Å². The van der Waals surface area contributed by atoms with Gasteiger partial charge in [0.15, 0.2) is 0 Å². The topological polar surface area (TPSA) is 113 Å². The first-order chi connectivity index (χ1) is 13.7. The molecule has 1 saturated heterocycles. The maximum atomic E-state index is 12.8. The Labute approximate surface area is 169 Å². The molecule has 0 spiro atoms. The number of anilines is 1. The van der Waals surface area contributed by atoms with Crippen LogP contribution in [-0.4, -0.2) is 61.7 Å². The zero-order valence-corrected chi connectivity index (χ0v) is 17.0. The van der Waals surface area contributed by atoms with E-state index in [0.717, 1.165) is 0 Å².